The van der Waals surface area contributed by atoms with E-state index < -0.39 is 0 Å². The van der Waals surface area contributed by atoms with Crippen LogP contribution in [0, 0.1) is 5.41 Å². The summed E-state index contributed by atoms with van der Waals surface area (Å²) in [5.74, 6) is 1.51. The summed E-state index contributed by atoms with van der Waals surface area (Å²) in [7, 11) is 0. The van der Waals surface area contributed by atoms with Crippen molar-refractivity contribution >= 4 is 5.69 Å². The summed E-state index contributed by atoms with van der Waals surface area (Å²) in [6.45, 7) is 9.99. The predicted molar refractivity (Wildman–Crippen MR) is 78.1 cm³/mol. The van der Waals surface area contributed by atoms with Crippen molar-refractivity contribution in [1.29, 1.82) is 0 Å². The minimum absolute atomic E-state index is 0.148. The molecule has 0 atom stereocenters. The van der Waals surface area contributed by atoms with Gasteiger partial charge in [0.15, 0.2) is 11.5 Å². The van der Waals surface area contributed by atoms with E-state index in [9.17, 15) is 5.11 Å². The lowest BCUT2D eigenvalue weighted by Crippen LogP contribution is -2.26. The molecule has 4 nitrogen and oxygen atoms in total. The molecule has 4 heteroatoms. The highest BCUT2D eigenvalue weighted by Crippen LogP contribution is 2.31. The van der Waals surface area contributed by atoms with Gasteiger partial charge in [0.1, 0.15) is 0 Å². The summed E-state index contributed by atoms with van der Waals surface area (Å²) < 4.78 is 11.1. The predicted octanol–water partition coefficient (Wildman–Crippen LogP) is 2.91. The lowest BCUT2D eigenvalue weighted by atomic mass is 9.95. The van der Waals surface area contributed by atoms with Gasteiger partial charge in [0.2, 0.25) is 0 Å². The van der Waals surface area contributed by atoms with Gasteiger partial charge in [-0.25, -0.2) is 0 Å². The highest BCUT2D eigenvalue weighted by molar-refractivity contribution is 5.54. The van der Waals surface area contributed by atoms with E-state index in [4.69, 9.17) is 9.47 Å². The van der Waals surface area contributed by atoms with Crippen molar-refractivity contribution < 1.29 is 14.6 Å². The Bertz CT molecular complexity index is 391. The molecule has 0 bridgehead atoms. The van der Waals surface area contributed by atoms with Crippen molar-refractivity contribution in [2.75, 3.05) is 31.7 Å². The van der Waals surface area contributed by atoms with Crippen LogP contribution in [0.4, 0.5) is 5.69 Å². The summed E-state index contributed by atoms with van der Waals surface area (Å²) in [5, 5.41) is 12.5. The van der Waals surface area contributed by atoms with E-state index in [-0.39, 0.29) is 12.0 Å². The Morgan fingerprint density at radius 3 is 2.32 bits per heavy atom. The first kappa shape index (κ1) is 15.6. The number of ether oxygens (including phenoxy) is 2. The SMILES string of the molecule is CCOc1ccc(NCC(C)(C)CO)cc1OCC. The Kier molecular flexibility index (Phi) is 5.96. The number of anilines is 1. The van der Waals surface area contributed by atoms with Crippen molar-refractivity contribution in [3.05, 3.63) is 18.2 Å². The van der Waals surface area contributed by atoms with E-state index in [1.807, 2.05) is 45.9 Å². The number of hydrogen-bond acceptors (Lipinski definition) is 4. The van der Waals surface area contributed by atoms with Gasteiger partial charge in [-0.3, -0.25) is 0 Å². The minimum Gasteiger partial charge on any atom is -0.490 e. The molecule has 19 heavy (non-hydrogen) atoms. The average Bonchev–Trinajstić information content (AvgIpc) is 2.40. The zero-order chi connectivity index (χ0) is 14.3. The summed E-state index contributed by atoms with van der Waals surface area (Å²) in [5.41, 5.74) is 0.818. The van der Waals surface area contributed by atoms with Crippen LogP contribution in [0.25, 0.3) is 0 Å². The lowest BCUT2D eigenvalue weighted by molar-refractivity contribution is 0.171. The van der Waals surface area contributed by atoms with E-state index in [1.54, 1.807) is 0 Å². The Hall–Kier alpha value is -1.42. The van der Waals surface area contributed by atoms with Gasteiger partial charge in [-0.05, 0) is 26.0 Å². The lowest BCUT2D eigenvalue weighted by Gasteiger charge is -2.23. The fourth-order valence-corrected chi connectivity index (χ4v) is 1.56. The van der Waals surface area contributed by atoms with Crippen LogP contribution in [-0.4, -0.2) is 31.5 Å². The third-order valence-electron chi connectivity index (χ3n) is 2.74. The zero-order valence-electron chi connectivity index (χ0n) is 12.3. The minimum atomic E-state index is -0.148. The number of rotatable bonds is 8. The number of nitrogens with one attached hydrogen (secondary N) is 1. The molecular weight excluding hydrogens is 242 g/mol. The topological polar surface area (TPSA) is 50.7 Å². The molecule has 0 spiro atoms. The summed E-state index contributed by atoms with van der Waals surface area (Å²) >= 11 is 0. The summed E-state index contributed by atoms with van der Waals surface area (Å²) in [4.78, 5) is 0. The summed E-state index contributed by atoms with van der Waals surface area (Å²) in [6, 6.07) is 5.80. The zero-order valence-corrected chi connectivity index (χ0v) is 12.3. The van der Waals surface area contributed by atoms with E-state index in [0.29, 0.717) is 19.8 Å². The molecule has 0 unspecified atom stereocenters. The molecule has 0 aliphatic heterocycles. The molecule has 0 fully saturated rings. The van der Waals surface area contributed by atoms with Gasteiger partial charge in [-0.2, -0.15) is 0 Å². The highest BCUT2D eigenvalue weighted by Gasteiger charge is 2.16. The molecule has 2 N–H and O–H groups in total. The molecule has 0 aliphatic rings. The van der Waals surface area contributed by atoms with Crippen LogP contribution in [0.1, 0.15) is 27.7 Å². The number of hydrogen-bond donors (Lipinski definition) is 2. The average molecular weight is 267 g/mol. The van der Waals surface area contributed by atoms with Crippen LogP contribution in [0.3, 0.4) is 0 Å². The molecule has 0 heterocycles. The van der Waals surface area contributed by atoms with Gasteiger partial charge in [0, 0.05) is 30.3 Å². The molecule has 1 aromatic rings. The molecule has 108 valence electrons. The van der Waals surface area contributed by atoms with Gasteiger partial charge < -0.3 is 19.9 Å². The molecule has 0 radical (unpaired) electrons. The second-order valence-electron chi connectivity index (χ2n) is 5.20. The van der Waals surface area contributed by atoms with Crippen LogP contribution in [-0.2, 0) is 0 Å². The fraction of sp³-hybridized carbons (Fsp3) is 0.600. The Labute approximate surface area is 115 Å². The quantitative estimate of drug-likeness (QED) is 0.760. The Balaban J connectivity index is 2.77. The van der Waals surface area contributed by atoms with Crippen LogP contribution >= 0.6 is 0 Å². The molecule has 0 aliphatic carbocycles. The summed E-state index contributed by atoms with van der Waals surface area (Å²) in [6.07, 6.45) is 0. The number of benzene rings is 1. The van der Waals surface area contributed by atoms with Gasteiger partial charge in [-0.15, -0.1) is 0 Å². The standard InChI is InChI=1S/C15H25NO3/c1-5-18-13-8-7-12(9-14(13)19-6-2)16-10-15(3,4)11-17/h7-9,16-17H,5-6,10-11H2,1-4H3. The van der Waals surface area contributed by atoms with Gasteiger partial charge in [0.25, 0.3) is 0 Å². The Morgan fingerprint density at radius 2 is 1.74 bits per heavy atom. The molecule has 1 aromatic carbocycles. The van der Waals surface area contributed by atoms with Gasteiger partial charge in [-0.1, -0.05) is 13.8 Å². The Morgan fingerprint density at radius 1 is 1.11 bits per heavy atom. The van der Waals surface area contributed by atoms with Crippen LogP contribution < -0.4 is 14.8 Å². The van der Waals surface area contributed by atoms with Crippen LogP contribution in [0.15, 0.2) is 18.2 Å². The highest BCUT2D eigenvalue weighted by atomic mass is 16.5. The maximum Gasteiger partial charge on any atom is 0.163 e. The van der Waals surface area contributed by atoms with Crippen molar-refractivity contribution in [1.82, 2.24) is 0 Å². The first-order chi connectivity index (χ1) is 9.02. The van der Waals surface area contributed by atoms with Crippen molar-refractivity contribution in [2.24, 2.45) is 5.41 Å². The molecule has 0 amide bonds. The normalized spacial score (nSPS) is 11.2. The number of aliphatic hydroxyl groups excluding tert-OH is 1. The fourth-order valence-electron chi connectivity index (χ4n) is 1.56. The van der Waals surface area contributed by atoms with Crippen molar-refractivity contribution in [3.8, 4) is 11.5 Å². The van der Waals surface area contributed by atoms with Crippen LogP contribution in [0.5, 0.6) is 11.5 Å². The second kappa shape index (κ2) is 7.24. The van der Waals surface area contributed by atoms with E-state index in [0.717, 1.165) is 17.2 Å². The largest absolute Gasteiger partial charge is 0.490 e. The maximum absolute atomic E-state index is 9.24. The van der Waals surface area contributed by atoms with E-state index >= 15 is 0 Å². The molecule has 0 saturated heterocycles. The third-order valence-corrected chi connectivity index (χ3v) is 2.74. The monoisotopic (exact) mass is 267 g/mol. The van der Waals surface area contributed by atoms with Gasteiger partial charge in [0.05, 0.1) is 13.2 Å². The first-order valence-electron chi connectivity index (χ1n) is 6.76. The smallest absolute Gasteiger partial charge is 0.163 e. The van der Waals surface area contributed by atoms with Crippen LogP contribution in [0.2, 0.25) is 0 Å². The van der Waals surface area contributed by atoms with Gasteiger partial charge >= 0.3 is 0 Å². The molecular formula is C15H25NO3. The third kappa shape index (κ3) is 4.99. The molecule has 0 saturated carbocycles. The van der Waals surface area contributed by atoms with E-state index in [1.165, 1.54) is 0 Å². The second-order valence-corrected chi connectivity index (χ2v) is 5.20. The molecule has 1 rings (SSSR count). The number of aliphatic hydroxyl groups is 1. The van der Waals surface area contributed by atoms with E-state index in [2.05, 4.69) is 5.32 Å². The van der Waals surface area contributed by atoms with Crippen molar-refractivity contribution in [2.45, 2.75) is 27.7 Å². The maximum atomic E-state index is 9.24. The molecule has 0 aromatic heterocycles. The van der Waals surface area contributed by atoms with Crippen molar-refractivity contribution in [3.63, 3.8) is 0 Å². The first-order valence-corrected chi connectivity index (χ1v) is 6.76.